The lowest BCUT2D eigenvalue weighted by atomic mass is 9.95. The first-order valence-electron chi connectivity index (χ1n) is 9.65. The van der Waals surface area contributed by atoms with Crippen molar-refractivity contribution in [3.05, 3.63) is 71.8 Å². The standard InChI is InChI=1S/C23H20F3NO4/c1-30-20-11-8-15-4-2-3-5-17(15)21(20)18-12-19(28)22(29)27(18)13-14-6-9-16(10-7-14)31-23(24,25)26/h2-11,18-19,28H,12-13H2,1H3. The Morgan fingerprint density at radius 1 is 1.06 bits per heavy atom. The molecule has 2 unspecified atom stereocenters. The molecule has 1 fully saturated rings. The highest BCUT2D eigenvalue weighted by Crippen LogP contribution is 2.42. The number of halogens is 3. The summed E-state index contributed by atoms with van der Waals surface area (Å²) < 4.78 is 46.6. The van der Waals surface area contributed by atoms with Crippen LogP contribution in [0.25, 0.3) is 10.8 Å². The number of hydrogen-bond acceptors (Lipinski definition) is 4. The zero-order chi connectivity index (χ0) is 22.2. The first-order chi connectivity index (χ1) is 14.8. The van der Waals surface area contributed by atoms with E-state index in [0.717, 1.165) is 16.3 Å². The number of likely N-dealkylation sites (tertiary alicyclic amines) is 1. The van der Waals surface area contributed by atoms with E-state index in [2.05, 4.69) is 4.74 Å². The minimum atomic E-state index is -4.77. The van der Waals surface area contributed by atoms with Gasteiger partial charge in [-0.05, 0) is 34.5 Å². The van der Waals surface area contributed by atoms with Gasteiger partial charge in [-0.1, -0.05) is 42.5 Å². The normalized spacial score (nSPS) is 19.1. The predicted molar refractivity (Wildman–Crippen MR) is 108 cm³/mol. The maximum Gasteiger partial charge on any atom is 0.573 e. The Labute approximate surface area is 176 Å². The molecule has 31 heavy (non-hydrogen) atoms. The van der Waals surface area contributed by atoms with Gasteiger partial charge in [-0.15, -0.1) is 13.2 Å². The summed E-state index contributed by atoms with van der Waals surface area (Å²) in [4.78, 5) is 14.3. The number of nitrogens with zero attached hydrogens (tertiary/aromatic N) is 1. The van der Waals surface area contributed by atoms with Crippen molar-refractivity contribution in [2.75, 3.05) is 7.11 Å². The van der Waals surface area contributed by atoms with Crippen LogP contribution in [-0.4, -0.2) is 35.5 Å². The van der Waals surface area contributed by atoms with Gasteiger partial charge in [0.1, 0.15) is 17.6 Å². The molecule has 0 aliphatic carbocycles. The van der Waals surface area contributed by atoms with Gasteiger partial charge in [0.25, 0.3) is 5.91 Å². The van der Waals surface area contributed by atoms with Crippen LogP contribution >= 0.6 is 0 Å². The SMILES string of the molecule is COc1ccc2ccccc2c1C1CC(O)C(=O)N1Cc1ccc(OC(F)(F)F)cc1. The number of carbonyl (C=O) groups is 1. The number of amides is 1. The van der Waals surface area contributed by atoms with E-state index in [4.69, 9.17) is 4.74 Å². The quantitative estimate of drug-likeness (QED) is 0.643. The Hall–Kier alpha value is -3.26. The largest absolute Gasteiger partial charge is 0.573 e. The zero-order valence-electron chi connectivity index (χ0n) is 16.6. The lowest BCUT2D eigenvalue weighted by molar-refractivity contribution is -0.274. The minimum absolute atomic E-state index is 0.124. The number of fused-ring (bicyclic) bond motifs is 1. The molecule has 4 rings (SSSR count). The molecule has 0 saturated carbocycles. The van der Waals surface area contributed by atoms with Crippen LogP contribution in [0.1, 0.15) is 23.6 Å². The van der Waals surface area contributed by atoms with E-state index in [1.165, 1.54) is 29.2 Å². The molecule has 1 amide bonds. The van der Waals surface area contributed by atoms with Crippen LogP contribution in [0.5, 0.6) is 11.5 Å². The Morgan fingerprint density at radius 3 is 2.45 bits per heavy atom. The smallest absolute Gasteiger partial charge is 0.496 e. The molecular formula is C23H20F3NO4. The minimum Gasteiger partial charge on any atom is -0.496 e. The zero-order valence-corrected chi connectivity index (χ0v) is 16.6. The van der Waals surface area contributed by atoms with Gasteiger partial charge in [0, 0.05) is 18.5 Å². The van der Waals surface area contributed by atoms with Crippen LogP contribution < -0.4 is 9.47 Å². The lowest BCUT2D eigenvalue weighted by Gasteiger charge is -2.27. The molecule has 1 aliphatic rings. The molecule has 3 aromatic rings. The average molecular weight is 431 g/mol. The second-order valence-electron chi connectivity index (χ2n) is 7.33. The summed E-state index contributed by atoms with van der Waals surface area (Å²) in [6, 6.07) is 16.3. The van der Waals surface area contributed by atoms with Crippen molar-refractivity contribution in [1.82, 2.24) is 4.90 Å². The number of rotatable bonds is 5. The second kappa shape index (κ2) is 8.11. The molecule has 5 nitrogen and oxygen atoms in total. The van der Waals surface area contributed by atoms with Crippen LogP contribution in [0.2, 0.25) is 0 Å². The number of aliphatic hydroxyl groups is 1. The van der Waals surface area contributed by atoms with Gasteiger partial charge in [0.15, 0.2) is 0 Å². The first kappa shape index (κ1) is 21.0. The molecule has 0 bridgehead atoms. The van der Waals surface area contributed by atoms with Crippen LogP contribution in [-0.2, 0) is 11.3 Å². The fourth-order valence-electron chi connectivity index (χ4n) is 4.04. The number of carbonyl (C=O) groups excluding carboxylic acids is 1. The Bertz CT molecular complexity index is 1100. The molecular weight excluding hydrogens is 411 g/mol. The average Bonchev–Trinajstić information content (AvgIpc) is 3.01. The highest BCUT2D eigenvalue weighted by Gasteiger charge is 2.41. The van der Waals surface area contributed by atoms with E-state index in [0.29, 0.717) is 11.3 Å². The summed E-state index contributed by atoms with van der Waals surface area (Å²) in [6.45, 7) is 0.124. The van der Waals surface area contributed by atoms with E-state index < -0.39 is 24.4 Å². The summed E-state index contributed by atoms with van der Waals surface area (Å²) in [5.41, 5.74) is 1.41. The van der Waals surface area contributed by atoms with Gasteiger partial charge < -0.3 is 19.5 Å². The third kappa shape index (κ3) is 4.29. The number of alkyl halides is 3. The molecule has 1 N–H and O–H groups in total. The summed E-state index contributed by atoms with van der Waals surface area (Å²) in [6.07, 6.45) is -5.74. The fraction of sp³-hybridized carbons (Fsp3) is 0.261. The van der Waals surface area contributed by atoms with Crippen molar-refractivity contribution in [3.8, 4) is 11.5 Å². The summed E-state index contributed by atoms with van der Waals surface area (Å²) >= 11 is 0. The fourth-order valence-corrected chi connectivity index (χ4v) is 4.04. The maximum absolute atomic E-state index is 12.7. The van der Waals surface area contributed by atoms with Gasteiger partial charge >= 0.3 is 6.36 Å². The van der Waals surface area contributed by atoms with E-state index in [9.17, 15) is 23.1 Å². The summed E-state index contributed by atoms with van der Waals surface area (Å²) in [5.74, 6) is -0.170. The van der Waals surface area contributed by atoms with Crippen molar-refractivity contribution < 1.29 is 32.5 Å². The van der Waals surface area contributed by atoms with Crippen LogP contribution in [0.15, 0.2) is 60.7 Å². The van der Waals surface area contributed by atoms with Crippen molar-refractivity contribution in [1.29, 1.82) is 0 Å². The predicted octanol–water partition coefficient (Wildman–Crippen LogP) is 4.58. The van der Waals surface area contributed by atoms with Gasteiger partial charge in [-0.25, -0.2) is 0 Å². The Morgan fingerprint density at radius 2 is 1.77 bits per heavy atom. The molecule has 1 heterocycles. The molecule has 1 saturated heterocycles. The second-order valence-corrected chi connectivity index (χ2v) is 7.33. The van der Waals surface area contributed by atoms with Crippen LogP contribution in [0.3, 0.4) is 0 Å². The number of aliphatic hydroxyl groups excluding tert-OH is 1. The lowest BCUT2D eigenvalue weighted by Crippen LogP contribution is -2.30. The maximum atomic E-state index is 12.7. The third-order valence-corrected chi connectivity index (χ3v) is 5.38. The van der Waals surface area contributed by atoms with Gasteiger partial charge in [-0.3, -0.25) is 4.79 Å². The van der Waals surface area contributed by atoms with Crippen molar-refractivity contribution in [3.63, 3.8) is 0 Å². The van der Waals surface area contributed by atoms with E-state index in [-0.39, 0.29) is 18.7 Å². The molecule has 0 spiro atoms. The van der Waals surface area contributed by atoms with E-state index in [1.54, 1.807) is 7.11 Å². The third-order valence-electron chi connectivity index (χ3n) is 5.38. The first-order valence-corrected chi connectivity index (χ1v) is 9.65. The molecule has 8 heteroatoms. The molecule has 3 aromatic carbocycles. The van der Waals surface area contributed by atoms with Gasteiger partial charge in [0.2, 0.25) is 0 Å². The highest BCUT2D eigenvalue weighted by molar-refractivity contribution is 5.90. The van der Waals surface area contributed by atoms with Crippen molar-refractivity contribution in [2.24, 2.45) is 0 Å². The van der Waals surface area contributed by atoms with Crippen LogP contribution in [0.4, 0.5) is 13.2 Å². The molecule has 2 atom stereocenters. The number of methoxy groups -OCH3 is 1. The Balaban J connectivity index is 1.68. The number of hydrogen-bond donors (Lipinski definition) is 1. The monoisotopic (exact) mass is 431 g/mol. The highest BCUT2D eigenvalue weighted by atomic mass is 19.4. The van der Waals surface area contributed by atoms with Gasteiger partial charge in [-0.2, -0.15) is 0 Å². The number of benzene rings is 3. The van der Waals surface area contributed by atoms with E-state index >= 15 is 0 Å². The molecule has 0 radical (unpaired) electrons. The summed E-state index contributed by atoms with van der Waals surface area (Å²) in [7, 11) is 1.55. The molecule has 162 valence electrons. The van der Waals surface area contributed by atoms with Crippen molar-refractivity contribution >= 4 is 16.7 Å². The van der Waals surface area contributed by atoms with Gasteiger partial charge in [0.05, 0.1) is 13.2 Å². The Kier molecular flexibility index (Phi) is 5.49. The summed E-state index contributed by atoms with van der Waals surface area (Å²) in [5, 5.41) is 12.2. The van der Waals surface area contributed by atoms with Crippen LogP contribution in [0, 0.1) is 0 Å². The molecule has 0 aromatic heterocycles. The van der Waals surface area contributed by atoms with Crippen molar-refractivity contribution in [2.45, 2.75) is 31.5 Å². The van der Waals surface area contributed by atoms with E-state index in [1.807, 2.05) is 36.4 Å². The topological polar surface area (TPSA) is 59.0 Å². The molecule has 1 aliphatic heterocycles. The number of ether oxygens (including phenoxy) is 2.